The van der Waals surface area contributed by atoms with E-state index in [1.54, 1.807) is 0 Å². The number of fused-ring (bicyclic) bond motifs is 1. The van der Waals surface area contributed by atoms with Crippen molar-refractivity contribution in [3.05, 3.63) is 35.9 Å². The molecule has 2 nitrogen and oxygen atoms in total. The van der Waals surface area contributed by atoms with E-state index in [0.717, 1.165) is 29.6 Å². The lowest BCUT2D eigenvalue weighted by molar-refractivity contribution is 0.637. The molecule has 0 bridgehead atoms. The maximum absolute atomic E-state index is 4.76. The summed E-state index contributed by atoms with van der Waals surface area (Å²) in [6.45, 7) is 7.60. The van der Waals surface area contributed by atoms with Crippen molar-refractivity contribution < 1.29 is 0 Å². The van der Waals surface area contributed by atoms with Crippen LogP contribution >= 0.6 is 11.8 Å². The normalized spacial score (nSPS) is 12.6. The molecule has 1 N–H and O–H groups in total. The fourth-order valence-electron chi connectivity index (χ4n) is 2.08. The van der Waals surface area contributed by atoms with Crippen molar-refractivity contribution in [1.82, 2.24) is 4.98 Å². The van der Waals surface area contributed by atoms with Crippen LogP contribution in [0.4, 0.5) is 5.82 Å². The first-order chi connectivity index (χ1) is 9.74. The Morgan fingerprint density at radius 1 is 1.25 bits per heavy atom. The smallest absolute Gasteiger partial charge is 0.130 e. The van der Waals surface area contributed by atoms with Crippen molar-refractivity contribution in [1.29, 1.82) is 0 Å². The molecule has 0 aliphatic carbocycles. The Morgan fingerprint density at radius 2 is 2.05 bits per heavy atom. The summed E-state index contributed by atoms with van der Waals surface area (Å²) >= 11 is 2.01. The number of hydrogen-bond donors (Lipinski definition) is 1. The monoisotopic (exact) mass is 288 g/mol. The van der Waals surface area contributed by atoms with E-state index >= 15 is 0 Å². The van der Waals surface area contributed by atoms with E-state index in [0.29, 0.717) is 0 Å². The molecule has 0 saturated heterocycles. The summed E-state index contributed by atoms with van der Waals surface area (Å²) in [6, 6.07) is 10.6. The third kappa shape index (κ3) is 3.89. The average Bonchev–Trinajstić information content (AvgIpc) is 2.47. The van der Waals surface area contributed by atoms with Crippen LogP contribution in [0.5, 0.6) is 0 Å². The minimum Gasteiger partial charge on any atom is -0.370 e. The third-order valence-corrected chi connectivity index (χ3v) is 4.82. The first kappa shape index (κ1) is 15.2. The lowest BCUT2D eigenvalue weighted by atomic mass is 10.1. The van der Waals surface area contributed by atoms with Gasteiger partial charge in [0.1, 0.15) is 5.82 Å². The molecule has 0 spiro atoms. The van der Waals surface area contributed by atoms with Gasteiger partial charge in [-0.3, -0.25) is 0 Å². The molecular formula is C17H24N2S. The fourth-order valence-corrected chi connectivity index (χ4v) is 3.27. The van der Waals surface area contributed by atoms with Gasteiger partial charge in [0.25, 0.3) is 0 Å². The molecule has 0 saturated carbocycles. The van der Waals surface area contributed by atoms with Crippen LogP contribution in [0.1, 0.15) is 32.8 Å². The topological polar surface area (TPSA) is 24.9 Å². The zero-order chi connectivity index (χ0) is 14.4. The molecule has 20 heavy (non-hydrogen) atoms. The molecule has 1 unspecified atom stereocenters. The first-order valence-corrected chi connectivity index (χ1v) is 8.60. The Hall–Kier alpha value is -1.22. The Morgan fingerprint density at radius 3 is 2.80 bits per heavy atom. The summed E-state index contributed by atoms with van der Waals surface area (Å²) in [6.07, 6.45) is 1.25. The van der Waals surface area contributed by atoms with Gasteiger partial charge < -0.3 is 5.32 Å². The number of nitrogens with one attached hydrogen (secondary N) is 1. The van der Waals surface area contributed by atoms with Gasteiger partial charge >= 0.3 is 0 Å². The van der Waals surface area contributed by atoms with Crippen molar-refractivity contribution in [3.8, 4) is 0 Å². The van der Waals surface area contributed by atoms with Crippen LogP contribution in [0.3, 0.4) is 0 Å². The van der Waals surface area contributed by atoms with Crippen LogP contribution in [0.2, 0.25) is 0 Å². The minimum atomic E-state index is 0.788. The lowest BCUT2D eigenvalue weighted by Crippen LogP contribution is -2.04. The van der Waals surface area contributed by atoms with Gasteiger partial charge in [0, 0.05) is 23.2 Å². The van der Waals surface area contributed by atoms with Crippen LogP contribution in [0, 0.1) is 5.92 Å². The molecule has 0 aliphatic rings. The number of thioether (sulfide) groups is 1. The molecule has 1 heterocycles. The Kier molecular flexibility index (Phi) is 5.72. The van der Waals surface area contributed by atoms with E-state index in [2.05, 4.69) is 50.4 Å². The van der Waals surface area contributed by atoms with Crippen molar-refractivity contribution >= 4 is 28.5 Å². The second-order valence-corrected chi connectivity index (χ2v) is 6.28. The standard InChI is InChI=1S/C17H24N2S/c1-4-13(3)11-20-12-15-10-14-8-6-7-9-16(14)19-17(15)18-5-2/h6-10,13H,4-5,11-12H2,1-3H3,(H,18,19). The molecule has 0 radical (unpaired) electrons. The summed E-state index contributed by atoms with van der Waals surface area (Å²) in [5.74, 6) is 4.08. The molecule has 1 atom stereocenters. The highest BCUT2D eigenvalue weighted by atomic mass is 32.2. The van der Waals surface area contributed by atoms with E-state index in [1.807, 2.05) is 17.8 Å². The summed E-state index contributed by atoms with van der Waals surface area (Å²) in [5.41, 5.74) is 2.39. The molecule has 0 amide bonds. The molecule has 0 fully saturated rings. The molecule has 108 valence electrons. The van der Waals surface area contributed by atoms with Crippen LogP contribution in [-0.4, -0.2) is 17.3 Å². The maximum atomic E-state index is 4.76. The van der Waals surface area contributed by atoms with Gasteiger partial charge in [0.15, 0.2) is 0 Å². The highest BCUT2D eigenvalue weighted by molar-refractivity contribution is 7.98. The van der Waals surface area contributed by atoms with Crippen molar-refractivity contribution in [3.63, 3.8) is 0 Å². The van der Waals surface area contributed by atoms with Crippen molar-refractivity contribution in [2.75, 3.05) is 17.6 Å². The van der Waals surface area contributed by atoms with Gasteiger partial charge in [-0.15, -0.1) is 0 Å². The highest BCUT2D eigenvalue weighted by Gasteiger charge is 2.07. The van der Waals surface area contributed by atoms with E-state index in [9.17, 15) is 0 Å². The maximum Gasteiger partial charge on any atom is 0.130 e. The second-order valence-electron chi connectivity index (χ2n) is 5.25. The second kappa shape index (κ2) is 7.53. The average molecular weight is 288 g/mol. The highest BCUT2D eigenvalue weighted by Crippen LogP contribution is 2.25. The number of aromatic nitrogens is 1. The Bertz CT molecular complexity index is 554. The van der Waals surface area contributed by atoms with Gasteiger partial charge in [-0.1, -0.05) is 38.5 Å². The van der Waals surface area contributed by atoms with E-state index < -0.39 is 0 Å². The summed E-state index contributed by atoms with van der Waals surface area (Å²) in [5, 5.41) is 4.63. The molecule has 1 aromatic carbocycles. The number of para-hydroxylation sites is 1. The number of nitrogens with zero attached hydrogens (tertiary/aromatic N) is 1. The zero-order valence-corrected chi connectivity index (χ0v) is 13.5. The number of pyridine rings is 1. The minimum absolute atomic E-state index is 0.788. The zero-order valence-electron chi connectivity index (χ0n) is 12.6. The van der Waals surface area contributed by atoms with Gasteiger partial charge in [-0.25, -0.2) is 4.98 Å². The molecule has 2 rings (SSSR count). The fraction of sp³-hybridized carbons (Fsp3) is 0.471. The third-order valence-electron chi connectivity index (χ3n) is 3.50. The van der Waals surface area contributed by atoms with Crippen molar-refractivity contribution in [2.24, 2.45) is 5.92 Å². The lowest BCUT2D eigenvalue weighted by Gasteiger charge is -2.13. The molecule has 0 aliphatic heterocycles. The Balaban J connectivity index is 2.18. The number of anilines is 1. The van der Waals surface area contributed by atoms with E-state index in [1.165, 1.54) is 23.1 Å². The van der Waals surface area contributed by atoms with Gasteiger partial charge in [-0.2, -0.15) is 11.8 Å². The van der Waals surface area contributed by atoms with Crippen molar-refractivity contribution in [2.45, 2.75) is 32.9 Å². The van der Waals surface area contributed by atoms with Gasteiger partial charge in [0.2, 0.25) is 0 Å². The van der Waals surface area contributed by atoms with Crippen LogP contribution in [-0.2, 0) is 5.75 Å². The summed E-state index contributed by atoms with van der Waals surface area (Å²) < 4.78 is 0. The molecule has 1 aromatic heterocycles. The number of rotatable bonds is 7. The largest absolute Gasteiger partial charge is 0.370 e. The van der Waals surface area contributed by atoms with Gasteiger partial charge in [0.05, 0.1) is 5.52 Å². The summed E-state index contributed by atoms with van der Waals surface area (Å²) in [7, 11) is 0. The molecular weight excluding hydrogens is 264 g/mol. The first-order valence-electron chi connectivity index (χ1n) is 7.44. The van der Waals surface area contributed by atoms with E-state index in [4.69, 9.17) is 4.98 Å². The SMILES string of the molecule is CCNc1nc2ccccc2cc1CSCC(C)CC. The predicted molar refractivity (Wildman–Crippen MR) is 91.5 cm³/mol. The summed E-state index contributed by atoms with van der Waals surface area (Å²) in [4.78, 5) is 4.76. The predicted octanol–water partition coefficient (Wildman–Crippen LogP) is 4.95. The number of hydrogen-bond acceptors (Lipinski definition) is 3. The quantitative estimate of drug-likeness (QED) is 0.780. The van der Waals surface area contributed by atoms with E-state index in [-0.39, 0.29) is 0 Å². The van der Waals surface area contributed by atoms with Crippen LogP contribution < -0.4 is 5.32 Å². The van der Waals surface area contributed by atoms with Gasteiger partial charge in [-0.05, 0) is 30.7 Å². The number of benzene rings is 1. The Labute approximate surface area is 126 Å². The molecule has 2 aromatic rings. The van der Waals surface area contributed by atoms with Crippen LogP contribution in [0.15, 0.2) is 30.3 Å². The molecule has 3 heteroatoms. The van der Waals surface area contributed by atoms with Crippen LogP contribution in [0.25, 0.3) is 10.9 Å².